The Kier molecular flexibility index (Phi) is 4.98. The van der Waals surface area contributed by atoms with Crippen LogP contribution in [0.4, 0.5) is 10.9 Å². The summed E-state index contributed by atoms with van der Waals surface area (Å²) in [6.45, 7) is 1.86. The van der Waals surface area contributed by atoms with Gasteiger partial charge in [-0.15, -0.1) is 0 Å². The normalized spacial score (nSPS) is 19.3. The zero-order valence-corrected chi connectivity index (χ0v) is 15.8. The summed E-state index contributed by atoms with van der Waals surface area (Å²) in [7, 11) is 0. The molecule has 1 aromatic heterocycles. The minimum atomic E-state index is -0.520. The highest BCUT2D eigenvalue weighted by Gasteiger charge is 2.31. The van der Waals surface area contributed by atoms with Crippen molar-refractivity contribution in [3.8, 4) is 5.75 Å². The van der Waals surface area contributed by atoms with E-state index in [1.807, 2.05) is 18.2 Å². The molecule has 0 saturated carbocycles. The van der Waals surface area contributed by atoms with Crippen LogP contribution in [0.15, 0.2) is 24.3 Å². The van der Waals surface area contributed by atoms with Crippen molar-refractivity contribution in [3.05, 3.63) is 34.7 Å². The Morgan fingerprint density at radius 1 is 1.33 bits per heavy atom. The molecule has 0 spiro atoms. The topological polar surface area (TPSA) is 97.6 Å². The van der Waals surface area contributed by atoms with Crippen LogP contribution in [0.5, 0.6) is 5.75 Å². The van der Waals surface area contributed by atoms with Gasteiger partial charge in [-0.1, -0.05) is 23.5 Å². The summed E-state index contributed by atoms with van der Waals surface area (Å²) in [6.07, 6.45) is 3.99. The molecule has 2 aliphatic rings. The maximum atomic E-state index is 12.2. The van der Waals surface area contributed by atoms with Crippen molar-refractivity contribution in [1.29, 1.82) is 0 Å². The molecule has 1 aromatic carbocycles. The summed E-state index contributed by atoms with van der Waals surface area (Å²) in [5.41, 5.74) is 6.12. The molecule has 7 nitrogen and oxygen atoms in total. The maximum absolute atomic E-state index is 12.2. The van der Waals surface area contributed by atoms with Crippen molar-refractivity contribution in [2.24, 2.45) is 5.73 Å². The predicted octanol–water partition coefficient (Wildman–Crippen LogP) is 2.47. The van der Waals surface area contributed by atoms with E-state index in [1.165, 1.54) is 19.3 Å². The van der Waals surface area contributed by atoms with Crippen molar-refractivity contribution in [1.82, 2.24) is 4.98 Å². The zero-order valence-electron chi connectivity index (χ0n) is 14.9. The van der Waals surface area contributed by atoms with Crippen LogP contribution in [0.25, 0.3) is 0 Å². The number of nitrogens with zero attached hydrogens (tertiary/aromatic N) is 2. The number of nitrogens with one attached hydrogen (secondary N) is 1. The van der Waals surface area contributed by atoms with Gasteiger partial charge in [-0.25, -0.2) is 4.98 Å². The molecule has 0 bridgehead atoms. The Bertz CT molecular complexity index is 860. The molecule has 1 saturated heterocycles. The lowest BCUT2D eigenvalue weighted by Gasteiger charge is -2.25. The van der Waals surface area contributed by atoms with Crippen molar-refractivity contribution >= 4 is 34.1 Å². The van der Waals surface area contributed by atoms with Crippen LogP contribution < -0.4 is 20.7 Å². The number of carbonyl (C=O) groups excluding carboxylic acids is 2. The number of fused-ring (bicyclic) bond motifs is 1. The predicted molar refractivity (Wildman–Crippen MR) is 104 cm³/mol. The molecular weight excluding hydrogens is 364 g/mol. The quantitative estimate of drug-likeness (QED) is 0.823. The van der Waals surface area contributed by atoms with E-state index in [9.17, 15) is 9.59 Å². The average Bonchev–Trinajstić information content (AvgIpc) is 3.10. The van der Waals surface area contributed by atoms with Crippen molar-refractivity contribution in [2.45, 2.75) is 31.6 Å². The zero-order chi connectivity index (χ0) is 18.8. The summed E-state index contributed by atoms with van der Waals surface area (Å²) in [4.78, 5) is 31.3. The summed E-state index contributed by atoms with van der Waals surface area (Å²) in [5.74, 6) is 0.617. The lowest BCUT2D eigenvalue weighted by Crippen LogP contribution is -2.29. The second-order valence-electron chi connectivity index (χ2n) is 6.89. The molecule has 8 heteroatoms. The average molecular weight is 386 g/mol. The number of nitrogens with two attached hydrogens (primary N) is 1. The van der Waals surface area contributed by atoms with Gasteiger partial charge in [0.15, 0.2) is 11.7 Å². The minimum absolute atomic E-state index is 0.0357. The number of amides is 2. The Morgan fingerprint density at radius 2 is 2.15 bits per heavy atom. The molecule has 1 atom stereocenters. The van der Waals surface area contributed by atoms with E-state index in [1.54, 1.807) is 17.4 Å². The molecule has 4 rings (SSSR count). The number of aromatic nitrogens is 1. The number of thiazole rings is 1. The van der Waals surface area contributed by atoms with Crippen LogP contribution in [0.3, 0.4) is 0 Å². The second-order valence-corrected chi connectivity index (χ2v) is 7.90. The molecule has 0 unspecified atom stereocenters. The molecule has 1 fully saturated rings. The summed E-state index contributed by atoms with van der Waals surface area (Å²) in [6, 6.07) is 7.49. The van der Waals surface area contributed by atoms with Gasteiger partial charge in [-0.2, -0.15) is 0 Å². The van der Waals surface area contributed by atoms with Crippen LogP contribution in [-0.4, -0.2) is 36.5 Å². The standard InChI is InChI=1S/C19H22N4O3S/c20-15(24)11-26-13-6-4-5-12(9-13)14-10-16(25)21-18-17(14)27-19(22-18)23-7-2-1-3-8-23/h4-6,9,14H,1-3,7-8,10-11H2,(H2,20,24)(H,21,25)/t14-/m0/s1. The maximum Gasteiger partial charge on any atom is 0.255 e. The highest BCUT2D eigenvalue weighted by Crippen LogP contribution is 2.44. The second kappa shape index (κ2) is 7.56. The van der Waals surface area contributed by atoms with Crippen LogP contribution in [0.1, 0.15) is 42.0 Å². The molecule has 27 heavy (non-hydrogen) atoms. The third kappa shape index (κ3) is 3.90. The fraction of sp³-hybridized carbons (Fsp3) is 0.421. The lowest BCUT2D eigenvalue weighted by atomic mass is 9.91. The van der Waals surface area contributed by atoms with E-state index >= 15 is 0 Å². The highest BCUT2D eigenvalue weighted by molar-refractivity contribution is 7.16. The highest BCUT2D eigenvalue weighted by atomic mass is 32.1. The number of ether oxygens (including phenoxy) is 1. The van der Waals surface area contributed by atoms with E-state index in [0.29, 0.717) is 18.0 Å². The number of hydrogen-bond donors (Lipinski definition) is 2. The number of benzene rings is 1. The fourth-order valence-electron chi connectivity index (χ4n) is 3.57. The molecule has 2 aliphatic heterocycles. The molecular formula is C19H22N4O3S. The number of carbonyl (C=O) groups is 2. The SMILES string of the molecule is NC(=O)COc1cccc([C@@H]2CC(=O)Nc3nc(N4CCCCC4)sc32)c1. The molecule has 2 amide bonds. The number of hydrogen-bond acceptors (Lipinski definition) is 6. The van der Waals surface area contributed by atoms with E-state index in [-0.39, 0.29) is 18.4 Å². The van der Waals surface area contributed by atoms with Gasteiger partial charge in [0.25, 0.3) is 5.91 Å². The molecule has 2 aromatic rings. The number of piperidine rings is 1. The van der Waals surface area contributed by atoms with Gasteiger partial charge in [-0.3, -0.25) is 9.59 Å². The molecule has 142 valence electrons. The van der Waals surface area contributed by atoms with E-state index in [4.69, 9.17) is 15.5 Å². The Hall–Kier alpha value is -2.61. The minimum Gasteiger partial charge on any atom is -0.484 e. The molecule has 0 aliphatic carbocycles. The Labute approximate surface area is 161 Å². The van der Waals surface area contributed by atoms with Gasteiger partial charge in [0.2, 0.25) is 5.91 Å². The summed E-state index contributed by atoms with van der Waals surface area (Å²) >= 11 is 1.66. The third-order valence-corrected chi connectivity index (χ3v) is 6.10. The Morgan fingerprint density at radius 3 is 2.93 bits per heavy atom. The van der Waals surface area contributed by atoms with Gasteiger partial charge in [-0.05, 0) is 37.0 Å². The van der Waals surface area contributed by atoms with Crippen molar-refractivity contribution < 1.29 is 14.3 Å². The first-order chi connectivity index (χ1) is 13.1. The number of primary amides is 1. The first kappa shape index (κ1) is 17.8. The van der Waals surface area contributed by atoms with Crippen molar-refractivity contribution in [3.63, 3.8) is 0 Å². The Balaban J connectivity index is 1.62. The number of anilines is 2. The van der Waals surface area contributed by atoms with Crippen LogP contribution in [-0.2, 0) is 9.59 Å². The molecule has 3 heterocycles. The van der Waals surface area contributed by atoms with Gasteiger partial charge < -0.3 is 20.7 Å². The van der Waals surface area contributed by atoms with Gasteiger partial charge in [0.05, 0.1) is 4.88 Å². The van der Waals surface area contributed by atoms with Gasteiger partial charge in [0.1, 0.15) is 11.6 Å². The smallest absolute Gasteiger partial charge is 0.255 e. The third-order valence-electron chi connectivity index (χ3n) is 4.87. The first-order valence-corrected chi connectivity index (χ1v) is 9.98. The van der Waals surface area contributed by atoms with E-state index < -0.39 is 5.91 Å². The van der Waals surface area contributed by atoms with E-state index in [0.717, 1.165) is 28.7 Å². The van der Waals surface area contributed by atoms with Gasteiger partial charge in [0, 0.05) is 25.4 Å². The van der Waals surface area contributed by atoms with Crippen LogP contribution in [0, 0.1) is 0 Å². The first-order valence-electron chi connectivity index (χ1n) is 9.17. The monoisotopic (exact) mass is 386 g/mol. The molecule has 3 N–H and O–H groups in total. The number of rotatable bonds is 5. The molecule has 0 radical (unpaired) electrons. The van der Waals surface area contributed by atoms with Crippen LogP contribution in [0.2, 0.25) is 0 Å². The largest absolute Gasteiger partial charge is 0.484 e. The van der Waals surface area contributed by atoms with Crippen molar-refractivity contribution in [2.75, 3.05) is 29.9 Å². The van der Waals surface area contributed by atoms with Gasteiger partial charge >= 0.3 is 0 Å². The summed E-state index contributed by atoms with van der Waals surface area (Å²) in [5, 5.41) is 3.89. The van der Waals surface area contributed by atoms with Crippen LogP contribution >= 0.6 is 11.3 Å². The lowest BCUT2D eigenvalue weighted by molar-refractivity contribution is -0.120. The summed E-state index contributed by atoms with van der Waals surface area (Å²) < 4.78 is 5.42. The van der Waals surface area contributed by atoms with E-state index in [2.05, 4.69) is 10.2 Å². The fourth-order valence-corrected chi connectivity index (χ4v) is 4.77.